The van der Waals surface area contributed by atoms with E-state index < -0.39 is 0 Å². The predicted octanol–water partition coefficient (Wildman–Crippen LogP) is 2.51. The first-order chi connectivity index (χ1) is 7.90. The second-order valence-electron chi connectivity index (χ2n) is 5.30. The summed E-state index contributed by atoms with van der Waals surface area (Å²) in [6.07, 6.45) is 0.426. The summed E-state index contributed by atoms with van der Waals surface area (Å²) in [7, 11) is 0. The SMILES string of the molecule is Cc1cc(C)c(CC(O)CNC(C)C)c(C)c1. The number of aliphatic hydroxyl groups is 1. The number of aliphatic hydroxyl groups excluding tert-OH is 1. The average molecular weight is 235 g/mol. The van der Waals surface area contributed by atoms with E-state index in [1.165, 1.54) is 22.3 Å². The third kappa shape index (κ3) is 4.49. The Morgan fingerprint density at radius 3 is 2.12 bits per heavy atom. The van der Waals surface area contributed by atoms with E-state index in [0.29, 0.717) is 12.6 Å². The fraction of sp³-hybridized carbons (Fsp3) is 0.600. The molecule has 0 amide bonds. The highest BCUT2D eigenvalue weighted by Crippen LogP contribution is 2.18. The zero-order valence-corrected chi connectivity index (χ0v) is 11.7. The van der Waals surface area contributed by atoms with Crippen LogP contribution in [0.25, 0.3) is 0 Å². The molecule has 0 bridgehead atoms. The average Bonchev–Trinajstić information content (AvgIpc) is 2.20. The molecule has 2 heteroatoms. The molecule has 2 nitrogen and oxygen atoms in total. The van der Waals surface area contributed by atoms with E-state index in [1.54, 1.807) is 0 Å². The normalized spacial score (nSPS) is 13.1. The Balaban J connectivity index is 2.68. The first-order valence-electron chi connectivity index (χ1n) is 6.38. The van der Waals surface area contributed by atoms with Gasteiger partial charge in [0.05, 0.1) is 6.10 Å². The van der Waals surface area contributed by atoms with E-state index in [1.807, 2.05) is 0 Å². The van der Waals surface area contributed by atoms with Crippen molar-refractivity contribution in [2.24, 2.45) is 0 Å². The number of nitrogens with one attached hydrogen (secondary N) is 1. The first-order valence-corrected chi connectivity index (χ1v) is 6.38. The van der Waals surface area contributed by atoms with Crippen molar-refractivity contribution in [3.8, 4) is 0 Å². The number of hydrogen-bond donors (Lipinski definition) is 2. The third-order valence-electron chi connectivity index (χ3n) is 3.04. The van der Waals surface area contributed by atoms with Gasteiger partial charge in [-0.2, -0.15) is 0 Å². The second kappa shape index (κ2) is 6.18. The van der Waals surface area contributed by atoms with Crippen LogP contribution in [0.3, 0.4) is 0 Å². The number of hydrogen-bond acceptors (Lipinski definition) is 2. The van der Waals surface area contributed by atoms with Crippen LogP contribution in [-0.4, -0.2) is 23.8 Å². The lowest BCUT2D eigenvalue weighted by molar-refractivity contribution is 0.168. The van der Waals surface area contributed by atoms with Crippen LogP contribution < -0.4 is 5.32 Å². The zero-order chi connectivity index (χ0) is 13.0. The lowest BCUT2D eigenvalue weighted by Gasteiger charge is -2.17. The monoisotopic (exact) mass is 235 g/mol. The molecule has 96 valence electrons. The molecule has 0 aliphatic rings. The lowest BCUT2D eigenvalue weighted by Crippen LogP contribution is -2.33. The van der Waals surface area contributed by atoms with Crippen molar-refractivity contribution in [3.05, 3.63) is 34.4 Å². The molecule has 0 aliphatic carbocycles. The van der Waals surface area contributed by atoms with Gasteiger partial charge >= 0.3 is 0 Å². The molecule has 1 aromatic carbocycles. The summed E-state index contributed by atoms with van der Waals surface area (Å²) in [6.45, 7) is 11.2. The van der Waals surface area contributed by atoms with Crippen LogP contribution in [-0.2, 0) is 6.42 Å². The molecule has 0 spiro atoms. The fourth-order valence-electron chi connectivity index (χ4n) is 2.21. The van der Waals surface area contributed by atoms with Gasteiger partial charge in [0, 0.05) is 19.0 Å². The summed E-state index contributed by atoms with van der Waals surface area (Å²) >= 11 is 0. The molecule has 0 heterocycles. The van der Waals surface area contributed by atoms with Crippen molar-refractivity contribution >= 4 is 0 Å². The van der Waals surface area contributed by atoms with Gasteiger partial charge in [0.15, 0.2) is 0 Å². The molecule has 17 heavy (non-hydrogen) atoms. The highest BCUT2D eigenvalue weighted by molar-refractivity contribution is 5.37. The molecule has 1 unspecified atom stereocenters. The van der Waals surface area contributed by atoms with E-state index >= 15 is 0 Å². The van der Waals surface area contributed by atoms with Gasteiger partial charge in [-0.15, -0.1) is 0 Å². The number of aryl methyl sites for hydroxylation is 3. The largest absolute Gasteiger partial charge is 0.391 e. The molecular formula is C15H25NO. The third-order valence-corrected chi connectivity index (χ3v) is 3.04. The van der Waals surface area contributed by atoms with Gasteiger partial charge in [0.2, 0.25) is 0 Å². The van der Waals surface area contributed by atoms with Gasteiger partial charge in [-0.05, 0) is 37.5 Å². The van der Waals surface area contributed by atoms with E-state index in [4.69, 9.17) is 0 Å². The van der Waals surface area contributed by atoms with Gasteiger partial charge in [-0.3, -0.25) is 0 Å². The Hall–Kier alpha value is -0.860. The van der Waals surface area contributed by atoms with E-state index in [-0.39, 0.29) is 6.10 Å². The molecule has 0 fully saturated rings. The molecule has 0 radical (unpaired) electrons. The van der Waals surface area contributed by atoms with E-state index in [9.17, 15) is 5.11 Å². The van der Waals surface area contributed by atoms with Crippen LogP contribution in [0.4, 0.5) is 0 Å². The summed E-state index contributed by atoms with van der Waals surface area (Å²) < 4.78 is 0. The summed E-state index contributed by atoms with van der Waals surface area (Å²) in [4.78, 5) is 0. The maximum atomic E-state index is 10.0. The van der Waals surface area contributed by atoms with Crippen LogP contribution in [0, 0.1) is 20.8 Å². The Bertz CT molecular complexity index is 348. The molecule has 0 aromatic heterocycles. The Morgan fingerprint density at radius 2 is 1.65 bits per heavy atom. The van der Waals surface area contributed by atoms with Crippen LogP contribution in [0.2, 0.25) is 0 Å². The molecule has 1 rings (SSSR count). The zero-order valence-electron chi connectivity index (χ0n) is 11.7. The summed E-state index contributed by atoms with van der Waals surface area (Å²) in [5.74, 6) is 0. The van der Waals surface area contributed by atoms with Crippen molar-refractivity contribution in [2.75, 3.05) is 6.54 Å². The molecule has 1 atom stereocenters. The van der Waals surface area contributed by atoms with Gasteiger partial charge in [-0.25, -0.2) is 0 Å². The molecule has 1 aromatic rings. The minimum atomic E-state index is -0.308. The summed E-state index contributed by atoms with van der Waals surface area (Å²) in [6, 6.07) is 4.79. The highest BCUT2D eigenvalue weighted by atomic mass is 16.3. The molecule has 0 saturated carbocycles. The Kier molecular flexibility index (Phi) is 5.16. The van der Waals surface area contributed by atoms with Crippen molar-refractivity contribution in [1.29, 1.82) is 0 Å². The van der Waals surface area contributed by atoms with Crippen LogP contribution in [0.5, 0.6) is 0 Å². The van der Waals surface area contributed by atoms with Crippen molar-refractivity contribution in [1.82, 2.24) is 5.32 Å². The van der Waals surface area contributed by atoms with Gasteiger partial charge in [0.25, 0.3) is 0 Å². The summed E-state index contributed by atoms with van der Waals surface area (Å²) in [5, 5.41) is 13.3. The standard InChI is InChI=1S/C15H25NO/c1-10(2)16-9-14(17)8-15-12(4)6-11(3)7-13(15)5/h6-7,10,14,16-17H,8-9H2,1-5H3. The maximum Gasteiger partial charge on any atom is 0.0705 e. The van der Waals surface area contributed by atoms with Crippen LogP contribution >= 0.6 is 0 Å². The molecule has 2 N–H and O–H groups in total. The van der Waals surface area contributed by atoms with Crippen molar-refractivity contribution < 1.29 is 5.11 Å². The smallest absolute Gasteiger partial charge is 0.0705 e. The molecular weight excluding hydrogens is 210 g/mol. The van der Waals surface area contributed by atoms with E-state index in [2.05, 4.69) is 52.1 Å². The van der Waals surface area contributed by atoms with Crippen molar-refractivity contribution in [2.45, 2.75) is 53.2 Å². The van der Waals surface area contributed by atoms with Gasteiger partial charge < -0.3 is 10.4 Å². The highest BCUT2D eigenvalue weighted by Gasteiger charge is 2.10. The van der Waals surface area contributed by atoms with Crippen LogP contribution in [0.15, 0.2) is 12.1 Å². The quantitative estimate of drug-likeness (QED) is 0.822. The van der Waals surface area contributed by atoms with Crippen LogP contribution in [0.1, 0.15) is 36.1 Å². The second-order valence-corrected chi connectivity index (χ2v) is 5.30. The van der Waals surface area contributed by atoms with Gasteiger partial charge in [-0.1, -0.05) is 31.5 Å². The minimum Gasteiger partial charge on any atom is -0.391 e. The number of benzene rings is 1. The first kappa shape index (κ1) is 14.2. The number of rotatable bonds is 5. The molecule has 0 aliphatic heterocycles. The predicted molar refractivity (Wildman–Crippen MR) is 73.5 cm³/mol. The van der Waals surface area contributed by atoms with E-state index in [0.717, 1.165) is 6.42 Å². The summed E-state index contributed by atoms with van der Waals surface area (Å²) in [5.41, 5.74) is 5.14. The molecule has 0 saturated heterocycles. The maximum absolute atomic E-state index is 10.0. The van der Waals surface area contributed by atoms with Gasteiger partial charge in [0.1, 0.15) is 0 Å². The minimum absolute atomic E-state index is 0.308. The Morgan fingerprint density at radius 1 is 1.12 bits per heavy atom. The lowest BCUT2D eigenvalue weighted by atomic mass is 9.95. The van der Waals surface area contributed by atoms with Crippen molar-refractivity contribution in [3.63, 3.8) is 0 Å². The fourth-order valence-corrected chi connectivity index (χ4v) is 2.21. The topological polar surface area (TPSA) is 32.3 Å². The Labute approximate surface area is 105 Å².